The van der Waals surface area contributed by atoms with Gasteiger partial charge in [0.05, 0.1) is 21.6 Å². The summed E-state index contributed by atoms with van der Waals surface area (Å²) in [5, 5.41) is 8.90. The van der Waals surface area contributed by atoms with Gasteiger partial charge < -0.3 is 19.9 Å². The first-order chi connectivity index (χ1) is 20.0. The highest BCUT2D eigenvalue weighted by molar-refractivity contribution is 7.22. The number of para-hydroxylation sites is 3. The summed E-state index contributed by atoms with van der Waals surface area (Å²) >= 11 is 1.42. The van der Waals surface area contributed by atoms with E-state index in [0.29, 0.717) is 36.1 Å². The lowest BCUT2D eigenvalue weighted by Crippen LogP contribution is -2.39. The van der Waals surface area contributed by atoms with Crippen LogP contribution in [0.4, 0.5) is 26.1 Å². The van der Waals surface area contributed by atoms with Crippen molar-refractivity contribution >= 4 is 56.1 Å². The minimum Gasteiger partial charge on any atom is -0.444 e. The van der Waals surface area contributed by atoms with E-state index in [9.17, 15) is 14.4 Å². The van der Waals surface area contributed by atoms with Crippen LogP contribution in [0.2, 0.25) is 0 Å². The Bertz CT molecular complexity index is 1510. The van der Waals surface area contributed by atoms with Crippen LogP contribution in [0.3, 0.4) is 0 Å². The topological polar surface area (TPSA) is 129 Å². The van der Waals surface area contributed by atoms with Crippen LogP contribution in [0.1, 0.15) is 36.8 Å². The quantitative estimate of drug-likeness (QED) is 0.222. The number of anilines is 3. The van der Waals surface area contributed by atoms with Gasteiger partial charge in [-0.25, -0.2) is 14.6 Å². The van der Waals surface area contributed by atoms with Crippen LogP contribution in [0.15, 0.2) is 66.9 Å². The van der Waals surface area contributed by atoms with E-state index >= 15 is 0 Å². The van der Waals surface area contributed by atoms with Crippen LogP contribution in [-0.2, 0) is 11.3 Å². The number of hydrogen-bond acceptors (Lipinski definition) is 8. The summed E-state index contributed by atoms with van der Waals surface area (Å²) in [5.41, 5.74) is 1.92. The molecule has 3 N–H and O–H groups in total. The second-order valence-corrected chi connectivity index (χ2v) is 11.9. The molecule has 2 heterocycles. The molecule has 4 amide bonds. The largest absolute Gasteiger partial charge is 0.444 e. The van der Waals surface area contributed by atoms with Gasteiger partial charge >= 0.3 is 12.1 Å². The number of likely N-dealkylation sites (N-methyl/N-ethyl adjacent to an activating group) is 1. The molecular weight excluding hydrogens is 554 g/mol. The first-order valence-electron chi connectivity index (χ1n) is 13.4. The fraction of sp³-hybridized carbons (Fsp3) is 0.300. The number of thiazole rings is 1. The van der Waals surface area contributed by atoms with E-state index in [0.717, 1.165) is 15.8 Å². The van der Waals surface area contributed by atoms with E-state index in [4.69, 9.17) is 4.74 Å². The molecule has 0 spiro atoms. The predicted octanol–water partition coefficient (Wildman–Crippen LogP) is 5.89. The molecule has 0 saturated carbocycles. The molecule has 42 heavy (non-hydrogen) atoms. The molecule has 4 rings (SSSR count). The fourth-order valence-electron chi connectivity index (χ4n) is 3.84. The zero-order chi connectivity index (χ0) is 30.3. The van der Waals surface area contributed by atoms with Crippen molar-refractivity contribution in [1.82, 2.24) is 19.8 Å². The number of benzene rings is 2. The number of fused-ring (bicyclic) bond motifs is 1. The summed E-state index contributed by atoms with van der Waals surface area (Å²) in [6, 6.07) is 17.6. The number of rotatable bonds is 9. The Labute approximate surface area is 248 Å². The molecule has 4 aromatic rings. The number of carbonyl (C=O) groups excluding carboxylic acids is 3. The van der Waals surface area contributed by atoms with Crippen LogP contribution >= 0.6 is 11.3 Å². The van der Waals surface area contributed by atoms with Gasteiger partial charge in [0.25, 0.3) is 5.91 Å². The highest BCUT2D eigenvalue weighted by Crippen LogP contribution is 2.26. The number of aromatic nitrogens is 2. The molecule has 220 valence electrons. The van der Waals surface area contributed by atoms with Crippen LogP contribution in [0.25, 0.3) is 10.2 Å². The fourth-order valence-corrected chi connectivity index (χ4v) is 4.70. The molecule has 0 radical (unpaired) electrons. The molecule has 11 nitrogen and oxygen atoms in total. The summed E-state index contributed by atoms with van der Waals surface area (Å²) in [6.07, 6.45) is 0.950. The van der Waals surface area contributed by atoms with E-state index in [1.54, 1.807) is 68.3 Å². The smallest absolute Gasteiger partial charge is 0.412 e. The van der Waals surface area contributed by atoms with Crippen molar-refractivity contribution in [2.24, 2.45) is 0 Å². The lowest BCUT2D eigenvalue weighted by atomic mass is 10.2. The Balaban J connectivity index is 1.41. The number of nitrogens with zero attached hydrogens (tertiary/aromatic N) is 4. The van der Waals surface area contributed by atoms with Crippen LogP contribution in [-0.4, -0.2) is 70.6 Å². The van der Waals surface area contributed by atoms with Gasteiger partial charge in [-0.15, -0.1) is 0 Å². The van der Waals surface area contributed by atoms with Gasteiger partial charge in [-0.2, -0.15) is 0 Å². The Hall–Kier alpha value is -4.55. The molecule has 12 heteroatoms. The number of nitrogens with one attached hydrogen (secondary N) is 3. The van der Waals surface area contributed by atoms with E-state index in [-0.39, 0.29) is 11.7 Å². The van der Waals surface area contributed by atoms with Gasteiger partial charge in [-0.05, 0) is 70.8 Å². The summed E-state index contributed by atoms with van der Waals surface area (Å²) < 4.78 is 6.31. The highest BCUT2D eigenvalue weighted by atomic mass is 32.1. The third-order valence-electron chi connectivity index (χ3n) is 5.85. The number of ether oxygens (including phenoxy) is 1. The second-order valence-electron chi connectivity index (χ2n) is 10.8. The van der Waals surface area contributed by atoms with Gasteiger partial charge in [0.1, 0.15) is 11.3 Å². The normalized spacial score (nSPS) is 11.3. The van der Waals surface area contributed by atoms with Crippen LogP contribution in [0, 0.1) is 0 Å². The maximum absolute atomic E-state index is 13.2. The number of hydrogen-bond donors (Lipinski definition) is 3. The molecule has 0 saturated heterocycles. The Morgan fingerprint density at radius 2 is 1.57 bits per heavy atom. The predicted molar refractivity (Wildman–Crippen MR) is 166 cm³/mol. The Morgan fingerprint density at radius 1 is 0.881 bits per heavy atom. The third-order valence-corrected chi connectivity index (χ3v) is 6.81. The molecule has 0 aliphatic rings. The number of pyridine rings is 1. The number of carbonyl (C=O) groups is 3. The van der Waals surface area contributed by atoms with Gasteiger partial charge in [0.15, 0.2) is 5.13 Å². The van der Waals surface area contributed by atoms with Crippen molar-refractivity contribution in [2.75, 3.05) is 43.1 Å². The second kappa shape index (κ2) is 13.4. The minimum absolute atomic E-state index is 0.185. The summed E-state index contributed by atoms with van der Waals surface area (Å²) in [5.74, 6) is -0.446. The Kier molecular flexibility index (Phi) is 9.71. The van der Waals surface area contributed by atoms with Crippen LogP contribution in [0.5, 0.6) is 0 Å². The standard InChI is InChI=1S/C30H35N7O4S/c1-30(2,3)41-29(40)34-22-11-7-6-10-21(22)32-26(38)24-15-14-20(18-31-24)19-37(17-16-36(4)5)28(39)35-27-33-23-12-8-9-13-25(23)42-27/h6-15,18H,16-17,19H2,1-5H3,(H,32,38)(H,34,40)(H,33,35,39). The summed E-state index contributed by atoms with van der Waals surface area (Å²) in [7, 11) is 3.89. The average molecular weight is 590 g/mol. The molecule has 0 aliphatic heterocycles. The molecule has 2 aromatic heterocycles. The molecule has 0 atom stereocenters. The number of urea groups is 1. The lowest BCUT2D eigenvalue weighted by Gasteiger charge is -2.24. The van der Waals surface area contributed by atoms with Gasteiger partial charge in [-0.1, -0.05) is 41.7 Å². The summed E-state index contributed by atoms with van der Waals surface area (Å²) in [6.45, 7) is 6.75. The van der Waals surface area contributed by atoms with E-state index in [1.807, 2.05) is 43.3 Å². The SMILES string of the molecule is CN(C)CCN(Cc1ccc(C(=O)Nc2ccccc2NC(=O)OC(C)(C)C)nc1)C(=O)Nc1nc2ccccc2s1. The monoisotopic (exact) mass is 589 g/mol. The van der Waals surface area contributed by atoms with Crippen molar-refractivity contribution in [1.29, 1.82) is 0 Å². The first kappa shape index (κ1) is 30.4. The highest BCUT2D eigenvalue weighted by Gasteiger charge is 2.19. The average Bonchev–Trinajstić information content (AvgIpc) is 3.33. The van der Waals surface area contributed by atoms with E-state index in [1.165, 1.54) is 11.3 Å². The number of amides is 4. The summed E-state index contributed by atoms with van der Waals surface area (Å²) in [4.78, 5) is 50.9. The van der Waals surface area contributed by atoms with Gasteiger partial charge in [0.2, 0.25) is 0 Å². The molecule has 0 fully saturated rings. The van der Waals surface area contributed by atoms with Crippen LogP contribution < -0.4 is 16.0 Å². The molecular formula is C30H35N7O4S. The zero-order valence-electron chi connectivity index (χ0n) is 24.3. The van der Waals surface area contributed by atoms with Gasteiger partial charge in [-0.3, -0.25) is 20.4 Å². The lowest BCUT2D eigenvalue weighted by molar-refractivity contribution is 0.0635. The third kappa shape index (κ3) is 8.72. The van der Waals surface area contributed by atoms with Crippen molar-refractivity contribution < 1.29 is 19.1 Å². The Morgan fingerprint density at radius 3 is 2.21 bits per heavy atom. The van der Waals surface area contributed by atoms with E-state index in [2.05, 4.69) is 25.9 Å². The minimum atomic E-state index is -0.661. The van der Waals surface area contributed by atoms with Crippen molar-refractivity contribution in [2.45, 2.75) is 32.9 Å². The maximum Gasteiger partial charge on any atom is 0.412 e. The van der Waals surface area contributed by atoms with E-state index < -0.39 is 17.6 Å². The maximum atomic E-state index is 13.2. The first-order valence-corrected chi connectivity index (χ1v) is 14.2. The van der Waals surface area contributed by atoms with Crippen molar-refractivity contribution in [3.8, 4) is 0 Å². The van der Waals surface area contributed by atoms with Crippen molar-refractivity contribution in [3.05, 3.63) is 78.1 Å². The zero-order valence-corrected chi connectivity index (χ0v) is 25.1. The van der Waals surface area contributed by atoms with Crippen molar-refractivity contribution in [3.63, 3.8) is 0 Å². The van der Waals surface area contributed by atoms with Gasteiger partial charge in [0, 0.05) is 25.8 Å². The molecule has 2 aromatic carbocycles. The molecule has 0 aliphatic carbocycles. The molecule has 0 bridgehead atoms. The molecule has 0 unspecified atom stereocenters.